The first-order chi connectivity index (χ1) is 29.2. The second-order valence-electron chi connectivity index (χ2n) is 17.8. The van der Waals surface area contributed by atoms with Crippen molar-refractivity contribution < 1.29 is 0 Å². The van der Waals surface area contributed by atoms with E-state index in [0.717, 1.165) is 0 Å². The molecule has 0 spiro atoms. The Balaban J connectivity index is 0.856. The molecule has 2 aliphatic rings. The molecule has 0 heteroatoms. The van der Waals surface area contributed by atoms with Gasteiger partial charge in [-0.25, -0.2) is 0 Å². The van der Waals surface area contributed by atoms with Crippen molar-refractivity contribution in [3.63, 3.8) is 0 Å². The van der Waals surface area contributed by atoms with Crippen LogP contribution in [-0.2, 0) is 10.8 Å². The summed E-state index contributed by atoms with van der Waals surface area (Å²) in [5.41, 5.74) is 25.7. The summed E-state index contributed by atoms with van der Waals surface area (Å²) in [7, 11) is 0. The van der Waals surface area contributed by atoms with Gasteiger partial charge in [-0.3, -0.25) is 0 Å². The fourth-order valence-corrected chi connectivity index (χ4v) is 10.1. The molecule has 9 aromatic rings. The fraction of sp³-hybridized carbons (Fsp3) is 0.100. The molecule has 0 saturated heterocycles. The lowest BCUT2D eigenvalue weighted by molar-refractivity contribution is 0.660. The van der Waals surface area contributed by atoms with E-state index >= 15 is 0 Å². The lowest BCUT2D eigenvalue weighted by Gasteiger charge is -2.23. The molecule has 0 fully saturated rings. The molecule has 0 N–H and O–H groups in total. The maximum absolute atomic E-state index is 2.43. The van der Waals surface area contributed by atoms with E-state index in [9.17, 15) is 0 Å². The third kappa shape index (κ3) is 5.89. The van der Waals surface area contributed by atoms with Crippen LogP contribution in [0, 0.1) is 0 Å². The summed E-state index contributed by atoms with van der Waals surface area (Å²) in [5, 5.41) is 0. The highest BCUT2D eigenvalue weighted by Gasteiger charge is 2.37. The first-order valence-corrected chi connectivity index (χ1v) is 21.2. The molecule has 0 nitrogen and oxygen atoms in total. The van der Waals surface area contributed by atoms with E-state index in [-0.39, 0.29) is 10.8 Å². The Morgan fingerprint density at radius 2 is 0.417 bits per heavy atom. The molecule has 11 rings (SSSR count). The van der Waals surface area contributed by atoms with Gasteiger partial charge in [0.2, 0.25) is 0 Å². The molecule has 0 amide bonds. The van der Waals surface area contributed by atoms with Crippen LogP contribution in [0.2, 0.25) is 0 Å². The van der Waals surface area contributed by atoms with E-state index in [1.165, 1.54) is 111 Å². The smallest absolute Gasteiger partial charge is 0.0159 e. The van der Waals surface area contributed by atoms with Crippen LogP contribution in [0.15, 0.2) is 206 Å². The molecular weight excluding hydrogens is 721 g/mol. The maximum atomic E-state index is 2.43. The Morgan fingerprint density at radius 3 is 0.733 bits per heavy atom. The van der Waals surface area contributed by atoms with Crippen molar-refractivity contribution in [2.75, 3.05) is 0 Å². The second-order valence-corrected chi connectivity index (χ2v) is 17.8. The molecule has 0 unspecified atom stereocenters. The minimum absolute atomic E-state index is 0.116. The lowest BCUT2D eigenvalue weighted by atomic mass is 9.80. The SMILES string of the molecule is CC1(C)c2cc(-c3ccc(-c4ccc5c(c4)C(C)(C)c4cc(-c6cccc(-c7ccccc7)c6)ccc4-5)cc3)ccc2-c2ccc(-c3cccc(-c4ccccc4)c3)cc21. The number of fused-ring (bicyclic) bond motifs is 6. The third-order valence-electron chi connectivity index (χ3n) is 13.5. The molecule has 0 heterocycles. The molecule has 286 valence electrons. The Hall–Kier alpha value is -7.02. The molecule has 9 aromatic carbocycles. The monoisotopic (exact) mass is 766 g/mol. The third-order valence-corrected chi connectivity index (χ3v) is 13.5. The summed E-state index contributed by atoms with van der Waals surface area (Å²) in [5.74, 6) is 0. The summed E-state index contributed by atoms with van der Waals surface area (Å²) in [6, 6.07) is 76.6. The van der Waals surface area contributed by atoms with E-state index in [1.807, 2.05) is 0 Å². The van der Waals surface area contributed by atoms with Crippen LogP contribution in [-0.4, -0.2) is 0 Å². The predicted molar refractivity (Wildman–Crippen MR) is 254 cm³/mol. The molecule has 0 saturated carbocycles. The van der Waals surface area contributed by atoms with Crippen molar-refractivity contribution in [3.8, 4) is 89.0 Å². The summed E-state index contributed by atoms with van der Waals surface area (Å²) in [4.78, 5) is 0. The van der Waals surface area contributed by atoms with Crippen molar-refractivity contribution in [1.29, 1.82) is 0 Å². The van der Waals surface area contributed by atoms with Crippen molar-refractivity contribution in [2.45, 2.75) is 38.5 Å². The Bertz CT molecular complexity index is 2890. The van der Waals surface area contributed by atoms with Crippen LogP contribution in [0.5, 0.6) is 0 Å². The van der Waals surface area contributed by atoms with Crippen molar-refractivity contribution in [1.82, 2.24) is 0 Å². The number of hydrogen-bond donors (Lipinski definition) is 0. The zero-order valence-corrected chi connectivity index (χ0v) is 34.6. The van der Waals surface area contributed by atoms with Gasteiger partial charge in [0.25, 0.3) is 0 Å². The Morgan fingerprint density at radius 1 is 0.200 bits per heavy atom. The number of benzene rings is 9. The average Bonchev–Trinajstić information content (AvgIpc) is 3.67. The standard InChI is InChI=1S/C60H46/c1-59(2)55-35-47(25-29-51(55)53-31-27-49(37-57(53)59)45-19-11-17-43(33-45)39-13-7-5-8-14-39)41-21-23-42(24-22-41)48-26-30-52-54-32-28-50(38-58(54)60(3,4)56(52)36-48)46-20-12-18-44(34-46)40-15-9-6-10-16-40/h5-38H,1-4H3. The van der Waals surface area contributed by atoms with E-state index < -0.39 is 0 Å². The molecule has 0 bridgehead atoms. The van der Waals surface area contributed by atoms with Crippen molar-refractivity contribution in [2.24, 2.45) is 0 Å². The first kappa shape index (κ1) is 36.1. The highest BCUT2D eigenvalue weighted by molar-refractivity contribution is 5.88. The molecule has 0 aromatic heterocycles. The Labute approximate surface area is 354 Å². The zero-order chi connectivity index (χ0) is 40.6. The van der Waals surface area contributed by atoms with Crippen LogP contribution < -0.4 is 0 Å². The van der Waals surface area contributed by atoms with Gasteiger partial charge in [0, 0.05) is 10.8 Å². The predicted octanol–water partition coefficient (Wildman–Crippen LogP) is 16.3. The normalized spacial score (nSPS) is 13.9. The minimum Gasteiger partial charge on any atom is -0.0622 e. The van der Waals surface area contributed by atoms with E-state index in [2.05, 4.69) is 234 Å². The summed E-state index contributed by atoms with van der Waals surface area (Å²) in [6.07, 6.45) is 0. The number of hydrogen-bond acceptors (Lipinski definition) is 0. The van der Waals surface area contributed by atoms with Crippen molar-refractivity contribution >= 4 is 0 Å². The van der Waals surface area contributed by atoms with Gasteiger partial charge in [-0.15, -0.1) is 0 Å². The average molecular weight is 767 g/mol. The Kier molecular flexibility index (Phi) is 8.29. The van der Waals surface area contributed by atoms with E-state index in [4.69, 9.17) is 0 Å². The quantitative estimate of drug-likeness (QED) is 0.158. The van der Waals surface area contributed by atoms with Gasteiger partial charge in [0.05, 0.1) is 0 Å². The second kappa shape index (κ2) is 13.8. The van der Waals surface area contributed by atoms with Crippen LogP contribution in [0.25, 0.3) is 89.0 Å². The summed E-state index contributed by atoms with van der Waals surface area (Å²) >= 11 is 0. The molecule has 0 radical (unpaired) electrons. The topological polar surface area (TPSA) is 0 Å². The maximum Gasteiger partial charge on any atom is 0.0159 e. The molecule has 60 heavy (non-hydrogen) atoms. The van der Waals surface area contributed by atoms with Crippen LogP contribution >= 0.6 is 0 Å². The van der Waals surface area contributed by atoms with Crippen molar-refractivity contribution in [3.05, 3.63) is 229 Å². The van der Waals surface area contributed by atoms with Gasteiger partial charge in [0.15, 0.2) is 0 Å². The minimum atomic E-state index is -0.116. The lowest BCUT2D eigenvalue weighted by Crippen LogP contribution is -2.15. The number of rotatable bonds is 6. The largest absolute Gasteiger partial charge is 0.0622 e. The summed E-state index contributed by atoms with van der Waals surface area (Å²) in [6.45, 7) is 9.53. The van der Waals surface area contributed by atoms with Crippen LogP contribution in [0.3, 0.4) is 0 Å². The summed E-state index contributed by atoms with van der Waals surface area (Å²) < 4.78 is 0. The molecule has 0 aliphatic heterocycles. The van der Waals surface area contributed by atoms with Gasteiger partial charge >= 0.3 is 0 Å². The van der Waals surface area contributed by atoms with Gasteiger partial charge in [-0.1, -0.05) is 198 Å². The molecular formula is C60H46. The van der Waals surface area contributed by atoms with Gasteiger partial charge in [-0.05, 0) is 148 Å². The highest BCUT2D eigenvalue weighted by Crippen LogP contribution is 2.52. The molecule has 2 aliphatic carbocycles. The van der Waals surface area contributed by atoms with Gasteiger partial charge in [-0.2, -0.15) is 0 Å². The van der Waals surface area contributed by atoms with Crippen LogP contribution in [0.1, 0.15) is 49.9 Å². The zero-order valence-electron chi connectivity index (χ0n) is 34.6. The molecule has 0 atom stereocenters. The van der Waals surface area contributed by atoms with Crippen LogP contribution in [0.4, 0.5) is 0 Å². The van der Waals surface area contributed by atoms with Gasteiger partial charge in [0.1, 0.15) is 0 Å². The highest BCUT2D eigenvalue weighted by atomic mass is 14.4. The first-order valence-electron chi connectivity index (χ1n) is 21.2. The fourth-order valence-electron chi connectivity index (χ4n) is 10.1. The van der Waals surface area contributed by atoms with Gasteiger partial charge < -0.3 is 0 Å². The van der Waals surface area contributed by atoms with E-state index in [0.29, 0.717) is 0 Å². The van der Waals surface area contributed by atoms with E-state index in [1.54, 1.807) is 0 Å².